The molecule has 188 valence electrons. The van der Waals surface area contributed by atoms with Gasteiger partial charge in [0, 0.05) is 22.8 Å². The van der Waals surface area contributed by atoms with E-state index in [1.165, 1.54) is 6.08 Å². The van der Waals surface area contributed by atoms with Crippen LogP contribution in [0.25, 0.3) is 11.6 Å². The van der Waals surface area contributed by atoms with Gasteiger partial charge < -0.3 is 9.47 Å². The van der Waals surface area contributed by atoms with Crippen molar-refractivity contribution in [2.45, 2.75) is 32.3 Å². The van der Waals surface area contributed by atoms with Crippen molar-refractivity contribution >= 4 is 29.2 Å². The zero-order valence-electron chi connectivity index (χ0n) is 20.7. The number of carbonyl (C=O) groups excluding carboxylic acids is 3. The fraction of sp³-hybridized carbons (Fsp3) is 0.194. The van der Waals surface area contributed by atoms with Crippen LogP contribution in [0.5, 0.6) is 11.5 Å². The standard InChI is InChI=1S/C31H29NO5/c1-2-24(14-10-20-36-29-17-9-7-15-25(29)26-21-30(34)32-31(26)35)37-28-16-8-6-13-23(28)18-19-27(33)22-11-4-3-5-12-22/h3-9,11-13,15-19,21,24H,2,10,14,20H2,1H3,(H,32,34,35). The Balaban J connectivity index is 1.34. The fourth-order valence-electron chi connectivity index (χ4n) is 4.04. The van der Waals surface area contributed by atoms with Crippen LogP contribution in [-0.2, 0) is 9.59 Å². The molecule has 6 heteroatoms. The molecule has 2 amide bonds. The van der Waals surface area contributed by atoms with Gasteiger partial charge in [0.05, 0.1) is 18.3 Å². The Bertz CT molecular complexity index is 1330. The van der Waals surface area contributed by atoms with Gasteiger partial charge in [-0.1, -0.05) is 73.7 Å². The SMILES string of the molecule is CCC(CCCOc1ccccc1C1=CC(=O)NC1=O)Oc1ccccc1C=CC(=O)c1ccccc1. The summed E-state index contributed by atoms with van der Waals surface area (Å²) < 4.78 is 12.3. The molecule has 0 saturated carbocycles. The van der Waals surface area contributed by atoms with Gasteiger partial charge in [-0.2, -0.15) is 0 Å². The van der Waals surface area contributed by atoms with Crippen molar-refractivity contribution in [3.63, 3.8) is 0 Å². The minimum atomic E-state index is -0.419. The average Bonchev–Trinajstić information content (AvgIpc) is 3.27. The summed E-state index contributed by atoms with van der Waals surface area (Å²) in [4.78, 5) is 36.1. The minimum absolute atomic E-state index is 0.0286. The highest BCUT2D eigenvalue weighted by molar-refractivity contribution is 6.33. The Morgan fingerprint density at radius 2 is 1.62 bits per heavy atom. The number of hydrogen-bond acceptors (Lipinski definition) is 5. The van der Waals surface area contributed by atoms with E-state index in [4.69, 9.17) is 9.47 Å². The maximum absolute atomic E-state index is 12.5. The van der Waals surface area contributed by atoms with Crippen molar-refractivity contribution in [3.8, 4) is 11.5 Å². The first kappa shape index (κ1) is 25.6. The van der Waals surface area contributed by atoms with Crippen molar-refractivity contribution in [2.75, 3.05) is 6.61 Å². The monoisotopic (exact) mass is 495 g/mol. The van der Waals surface area contributed by atoms with Gasteiger partial charge >= 0.3 is 0 Å². The lowest BCUT2D eigenvalue weighted by molar-refractivity contribution is -0.123. The third-order valence-corrected chi connectivity index (χ3v) is 6.00. The molecule has 0 saturated heterocycles. The normalized spacial score (nSPS) is 13.8. The number of ketones is 1. The van der Waals surface area contributed by atoms with E-state index >= 15 is 0 Å². The first-order valence-electron chi connectivity index (χ1n) is 12.4. The zero-order valence-corrected chi connectivity index (χ0v) is 20.7. The average molecular weight is 496 g/mol. The minimum Gasteiger partial charge on any atom is -0.493 e. The molecular weight excluding hydrogens is 466 g/mol. The molecule has 1 unspecified atom stereocenters. The molecule has 0 radical (unpaired) electrons. The molecule has 1 aliphatic rings. The number of imide groups is 1. The lowest BCUT2D eigenvalue weighted by atomic mass is 10.1. The van der Waals surface area contributed by atoms with Gasteiger partial charge in [0.1, 0.15) is 11.5 Å². The molecule has 0 spiro atoms. The number of carbonyl (C=O) groups is 3. The summed E-state index contributed by atoms with van der Waals surface area (Å²) in [5, 5.41) is 2.27. The summed E-state index contributed by atoms with van der Waals surface area (Å²) in [6.45, 7) is 2.51. The predicted octanol–water partition coefficient (Wildman–Crippen LogP) is 5.64. The van der Waals surface area contributed by atoms with Crippen LogP contribution in [0.3, 0.4) is 0 Å². The molecule has 1 heterocycles. The van der Waals surface area contributed by atoms with E-state index in [2.05, 4.69) is 12.2 Å². The van der Waals surface area contributed by atoms with Gasteiger partial charge in [-0.3, -0.25) is 19.7 Å². The number of hydrogen-bond donors (Lipinski definition) is 1. The number of rotatable bonds is 12. The van der Waals surface area contributed by atoms with Gasteiger partial charge in [0.2, 0.25) is 0 Å². The summed E-state index contributed by atoms with van der Waals surface area (Å²) in [7, 11) is 0. The van der Waals surface area contributed by atoms with E-state index < -0.39 is 11.8 Å². The van der Waals surface area contributed by atoms with Crippen molar-refractivity contribution in [2.24, 2.45) is 0 Å². The molecule has 37 heavy (non-hydrogen) atoms. The molecule has 0 aromatic heterocycles. The van der Waals surface area contributed by atoms with Gasteiger partial charge in [0.15, 0.2) is 5.78 Å². The molecular formula is C31H29NO5. The molecule has 0 fully saturated rings. The van der Waals surface area contributed by atoms with Gasteiger partial charge in [-0.25, -0.2) is 0 Å². The molecule has 3 aromatic carbocycles. The predicted molar refractivity (Wildman–Crippen MR) is 143 cm³/mol. The van der Waals surface area contributed by atoms with Crippen LogP contribution in [0, 0.1) is 0 Å². The van der Waals surface area contributed by atoms with Crippen LogP contribution in [0.4, 0.5) is 0 Å². The summed E-state index contributed by atoms with van der Waals surface area (Å²) in [6.07, 6.45) is 6.94. The number of allylic oxidation sites excluding steroid dienone is 1. The highest BCUT2D eigenvalue weighted by Crippen LogP contribution is 2.28. The van der Waals surface area contributed by atoms with E-state index in [9.17, 15) is 14.4 Å². The van der Waals surface area contributed by atoms with Crippen LogP contribution < -0.4 is 14.8 Å². The summed E-state index contributed by atoms with van der Waals surface area (Å²) in [6, 6.07) is 24.0. The fourth-order valence-corrected chi connectivity index (χ4v) is 4.04. The lowest BCUT2D eigenvalue weighted by Gasteiger charge is -2.19. The Morgan fingerprint density at radius 3 is 2.35 bits per heavy atom. The highest BCUT2D eigenvalue weighted by Gasteiger charge is 2.24. The van der Waals surface area contributed by atoms with Crippen LogP contribution in [-0.4, -0.2) is 30.3 Å². The Labute approximate surface area is 216 Å². The van der Waals surface area contributed by atoms with E-state index in [1.54, 1.807) is 42.5 Å². The van der Waals surface area contributed by atoms with Crippen LogP contribution >= 0.6 is 0 Å². The Hall–Kier alpha value is -4.45. The zero-order chi connectivity index (χ0) is 26.0. The van der Waals surface area contributed by atoms with E-state index in [-0.39, 0.29) is 11.9 Å². The number of para-hydroxylation sites is 2. The molecule has 1 atom stereocenters. The first-order valence-corrected chi connectivity index (χ1v) is 12.4. The van der Waals surface area contributed by atoms with Crippen LogP contribution in [0.15, 0.2) is 91.0 Å². The van der Waals surface area contributed by atoms with Gasteiger partial charge in [0.25, 0.3) is 11.8 Å². The van der Waals surface area contributed by atoms with Gasteiger partial charge in [-0.15, -0.1) is 0 Å². The maximum Gasteiger partial charge on any atom is 0.259 e. The molecule has 4 rings (SSSR count). The maximum atomic E-state index is 12.5. The summed E-state index contributed by atoms with van der Waals surface area (Å²) >= 11 is 0. The van der Waals surface area contributed by atoms with Crippen LogP contribution in [0.2, 0.25) is 0 Å². The first-order chi connectivity index (χ1) is 18.0. The largest absolute Gasteiger partial charge is 0.493 e. The van der Waals surface area contributed by atoms with Crippen molar-refractivity contribution in [3.05, 3.63) is 108 Å². The molecule has 6 nitrogen and oxygen atoms in total. The van der Waals surface area contributed by atoms with E-state index in [1.807, 2.05) is 48.5 Å². The Morgan fingerprint density at radius 1 is 0.919 bits per heavy atom. The molecule has 0 aliphatic carbocycles. The van der Waals surface area contributed by atoms with Crippen molar-refractivity contribution < 1.29 is 23.9 Å². The Kier molecular flexibility index (Phi) is 8.66. The van der Waals surface area contributed by atoms with Crippen molar-refractivity contribution in [1.82, 2.24) is 5.32 Å². The third-order valence-electron chi connectivity index (χ3n) is 6.00. The topological polar surface area (TPSA) is 81.7 Å². The second-order valence-corrected chi connectivity index (χ2v) is 8.61. The summed E-state index contributed by atoms with van der Waals surface area (Å²) in [5.74, 6) is 0.388. The van der Waals surface area contributed by atoms with E-state index in [0.29, 0.717) is 29.1 Å². The van der Waals surface area contributed by atoms with Gasteiger partial charge in [-0.05, 0) is 43.5 Å². The smallest absolute Gasteiger partial charge is 0.259 e. The number of ether oxygens (including phenoxy) is 2. The quantitative estimate of drug-likeness (QED) is 0.152. The molecule has 1 aliphatic heterocycles. The van der Waals surface area contributed by atoms with E-state index in [0.717, 1.165) is 30.6 Å². The summed E-state index contributed by atoms with van der Waals surface area (Å²) in [5.41, 5.74) is 2.39. The molecule has 0 bridgehead atoms. The third kappa shape index (κ3) is 6.82. The number of amides is 2. The van der Waals surface area contributed by atoms with Crippen molar-refractivity contribution in [1.29, 1.82) is 0 Å². The number of benzene rings is 3. The number of nitrogens with one attached hydrogen (secondary N) is 1. The highest BCUT2D eigenvalue weighted by atomic mass is 16.5. The van der Waals surface area contributed by atoms with Crippen LogP contribution in [0.1, 0.15) is 47.7 Å². The second-order valence-electron chi connectivity index (χ2n) is 8.61. The molecule has 3 aromatic rings. The second kappa shape index (κ2) is 12.5. The molecule has 1 N–H and O–H groups in total. The lowest BCUT2D eigenvalue weighted by Crippen LogP contribution is -2.22.